The molecule has 0 spiro atoms. The van der Waals surface area contributed by atoms with Crippen molar-refractivity contribution >= 4 is 107 Å². The summed E-state index contributed by atoms with van der Waals surface area (Å²) in [4.78, 5) is 62.0. The molecule has 506 valence electrons. The van der Waals surface area contributed by atoms with Gasteiger partial charge in [0.05, 0.1) is 41.4 Å². The van der Waals surface area contributed by atoms with E-state index in [9.17, 15) is 13.2 Å². The third-order valence-corrected chi connectivity index (χ3v) is 16.8. The number of hydrogen-bond donors (Lipinski definition) is 8. The van der Waals surface area contributed by atoms with E-state index in [0.717, 1.165) is 89.7 Å². The number of nitrogens with one attached hydrogen (secondary N) is 6. The van der Waals surface area contributed by atoms with Crippen LogP contribution in [0.4, 0.5) is 30.6 Å². The molecule has 0 fully saturated rings. The number of aromatic nitrogens is 18. The van der Waals surface area contributed by atoms with Crippen LogP contribution in [0.15, 0.2) is 165 Å². The zero-order valence-electron chi connectivity index (χ0n) is 55.8. The number of rotatable bonds is 18. The summed E-state index contributed by atoms with van der Waals surface area (Å²) in [5.74, 6) is 2.96. The number of nitrogens with zero attached hydrogens (tertiary/aromatic N) is 15. The summed E-state index contributed by atoms with van der Waals surface area (Å²) < 4.78 is 49.4. The molecule has 0 saturated carbocycles. The van der Waals surface area contributed by atoms with E-state index in [-0.39, 0.29) is 17.5 Å². The molecule has 0 atom stereocenters. The van der Waals surface area contributed by atoms with Crippen LogP contribution in [-0.4, -0.2) is 125 Å². The van der Waals surface area contributed by atoms with Gasteiger partial charge in [-0.1, -0.05) is 45.2 Å². The Morgan fingerprint density at radius 2 is 0.940 bits per heavy atom. The molecule has 15 rings (SSSR count). The average Bonchev–Trinajstić information content (AvgIpc) is 1.50. The Morgan fingerprint density at radius 3 is 1.39 bits per heavy atom. The molecule has 0 bridgehead atoms. The van der Waals surface area contributed by atoms with E-state index in [0.29, 0.717) is 117 Å². The van der Waals surface area contributed by atoms with Crippen molar-refractivity contribution in [1.29, 1.82) is 0 Å². The van der Waals surface area contributed by atoms with Crippen LogP contribution in [0.5, 0.6) is 0 Å². The van der Waals surface area contributed by atoms with Crippen LogP contribution in [0, 0.1) is 38.2 Å². The van der Waals surface area contributed by atoms with Gasteiger partial charge in [0.2, 0.25) is 0 Å². The van der Waals surface area contributed by atoms with E-state index in [4.69, 9.17) is 20.0 Å². The highest BCUT2D eigenvalue weighted by atomic mass is 79.9. The molecule has 0 aliphatic heterocycles. The lowest BCUT2D eigenvalue weighted by atomic mass is 9.83. The van der Waals surface area contributed by atoms with Crippen LogP contribution in [0.3, 0.4) is 0 Å². The number of hydrogen-bond acceptors (Lipinski definition) is 17. The fourth-order valence-corrected chi connectivity index (χ4v) is 11.8. The molecule has 100 heavy (non-hydrogen) atoms. The van der Waals surface area contributed by atoms with Crippen LogP contribution in [0.25, 0.3) is 83.4 Å². The van der Waals surface area contributed by atoms with Gasteiger partial charge in [0.25, 0.3) is 0 Å². The summed E-state index contributed by atoms with van der Waals surface area (Å²) in [7, 11) is -1.47. The van der Waals surface area contributed by atoms with Crippen LogP contribution in [0.2, 0.25) is 0 Å². The number of aromatic amines is 3. The van der Waals surface area contributed by atoms with Crippen molar-refractivity contribution in [2.45, 2.75) is 73.6 Å². The molecule has 0 unspecified atom stereocenters. The minimum absolute atomic E-state index is 0.207. The fourth-order valence-electron chi connectivity index (χ4n) is 11.4. The van der Waals surface area contributed by atoms with Crippen molar-refractivity contribution in [2.75, 3.05) is 35.6 Å². The molecule has 23 nitrogen and oxygen atoms in total. The molecule has 12 aromatic heterocycles. The van der Waals surface area contributed by atoms with Crippen LogP contribution in [-0.2, 0) is 19.3 Å². The largest absolute Gasteiger partial charge is 0.491 e. The third-order valence-electron chi connectivity index (χ3n) is 16.4. The van der Waals surface area contributed by atoms with Gasteiger partial charge in [-0.05, 0) is 140 Å². The molecular weight excluding hydrogens is 1340 g/mol. The number of allylic oxidation sites excluding steroid dienone is 2. The minimum atomic E-state index is -1.47. The summed E-state index contributed by atoms with van der Waals surface area (Å²) in [6.45, 7) is 23.4. The first kappa shape index (κ1) is 68.5. The molecule has 0 aliphatic rings. The van der Waals surface area contributed by atoms with Gasteiger partial charge in [-0.3, -0.25) is 23.2 Å². The van der Waals surface area contributed by atoms with E-state index in [1.165, 1.54) is 30.6 Å². The molecule has 12 heterocycles. The monoisotopic (exact) mass is 1410 g/mol. The Labute approximate surface area is 580 Å². The smallest absolute Gasteiger partial charge is 0.423 e. The highest BCUT2D eigenvalue weighted by Crippen LogP contribution is 2.30. The van der Waals surface area contributed by atoms with E-state index in [1.54, 1.807) is 62.3 Å². The number of H-pyrrole nitrogens is 3. The van der Waals surface area contributed by atoms with Gasteiger partial charge < -0.3 is 41.0 Å². The number of aryl methyl sites for hydroxylation is 3. The van der Waals surface area contributed by atoms with Crippen LogP contribution < -0.4 is 21.4 Å². The molecule has 3 aromatic carbocycles. The Morgan fingerprint density at radius 1 is 0.510 bits per heavy atom. The van der Waals surface area contributed by atoms with E-state index < -0.39 is 7.12 Å². The molecule has 15 aromatic rings. The van der Waals surface area contributed by atoms with Crippen molar-refractivity contribution in [3.63, 3.8) is 0 Å². The SMILES string of the molecule is C=C(C)c1cnc2c(NCCc3c[nH]c4cccc(F)c34)nc(-c3cnc(C)cn3)cn12.C=C(C)c1cnc2c(NCCc3c[nH]c4cccc(F)c34)nc(Br)cn12.Cc1ncc(-c2cn3c(C(C)C)cnc3c(NCCc3c[nH]c4cccc(F)c34)n2)cn1.Cc1ncc(B(O)O)cn1. The lowest BCUT2D eigenvalue weighted by Gasteiger charge is -2.12. The maximum Gasteiger partial charge on any atom is 0.491 e. The molecular formula is C72H70BBrF3N21O2. The lowest BCUT2D eigenvalue weighted by molar-refractivity contribution is 0.425. The molecule has 28 heteroatoms. The van der Waals surface area contributed by atoms with Crippen molar-refractivity contribution in [1.82, 2.24) is 88.0 Å². The van der Waals surface area contributed by atoms with E-state index in [2.05, 4.69) is 128 Å². The van der Waals surface area contributed by atoms with E-state index in [1.807, 2.05) is 98.1 Å². The number of imidazole rings is 3. The van der Waals surface area contributed by atoms with Crippen molar-refractivity contribution < 1.29 is 23.2 Å². The first-order valence-electron chi connectivity index (χ1n) is 32.1. The number of fused-ring (bicyclic) bond motifs is 6. The van der Waals surface area contributed by atoms with E-state index >= 15 is 0 Å². The van der Waals surface area contributed by atoms with Gasteiger partial charge in [0.15, 0.2) is 34.4 Å². The zero-order valence-corrected chi connectivity index (χ0v) is 57.4. The first-order chi connectivity index (χ1) is 48.3. The van der Waals surface area contributed by atoms with Crippen LogP contribution >= 0.6 is 15.9 Å². The molecule has 0 radical (unpaired) electrons. The van der Waals surface area contributed by atoms with Gasteiger partial charge in [0.1, 0.15) is 45.1 Å². The van der Waals surface area contributed by atoms with Crippen molar-refractivity contribution in [2.24, 2.45) is 0 Å². The first-order valence-corrected chi connectivity index (χ1v) is 32.8. The Balaban J connectivity index is 0.000000133. The highest BCUT2D eigenvalue weighted by Gasteiger charge is 2.20. The summed E-state index contributed by atoms with van der Waals surface area (Å²) >= 11 is 3.44. The summed E-state index contributed by atoms with van der Waals surface area (Å²) in [6.07, 6.45) is 28.4. The Bertz CT molecular complexity index is 5430. The van der Waals surface area contributed by atoms with Crippen molar-refractivity contribution in [3.8, 4) is 22.6 Å². The third kappa shape index (κ3) is 15.1. The second kappa shape index (κ2) is 30.1. The van der Waals surface area contributed by atoms with Gasteiger partial charge >= 0.3 is 7.12 Å². The standard InChI is InChI=1S/C24H24FN7.C24H22FN7.C19H17BrFN5.C5H7BN2O2/c1-14(2)21-12-30-24-23(31-20(13-32(21)24)17-10-27-15(3)28-11-17)26-8-7-16-9-29-19-6-4-5-18(25)22(16)19;1-14(2)21-12-30-24-23(31-20(13-32(21)24)19-11-27-15(3)9-28-19)26-8-7-16-10-29-18-6-4-5-17(25)22(16)18;1-11(2)15-9-24-19-18(25-16(20)10-26(15)19)22-7-6-12-8-23-14-5-3-4-13(21)17(12)14;1-4-7-2-5(3-8-4)6(9)10/h4-6,9-14,29H,7-8H2,1-3H3,(H,26,31);4-6,9-13,29H,1,7-8H2,2-3H3,(H,26,31);3-5,8-10,23H,1,6-7H2,2H3,(H,22,25);2-3,9-10H,1H3. The summed E-state index contributed by atoms with van der Waals surface area (Å²) in [5.41, 5.74) is 16.2. The summed E-state index contributed by atoms with van der Waals surface area (Å²) in [6, 6.07) is 15.2. The Kier molecular flexibility index (Phi) is 20.6. The number of benzene rings is 3. The van der Waals surface area contributed by atoms with Crippen molar-refractivity contribution in [3.05, 3.63) is 234 Å². The summed E-state index contributed by atoms with van der Waals surface area (Å²) in [5, 5.41) is 29.2. The minimum Gasteiger partial charge on any atom is -0.423 e. The maximum absolute atomic E-state index is 14.3. The van der Waals surface area contributed by atoms with Gasteiger partial charge in [0, 0.05) is 143 Å². The van der Waals surface area contributed by atoms with Crippen LogP contribution in [0.1, 0.15) is 84.7 Å². The zero-order chi connectivity index (χ0) is 70.3. The lowest BCUT2D eigenvalue weighted by Crippen LogP contribution is -2.30. The normalized spacial score (nSPS) is 11.3. The highest BCUT2D eigenvalue weighted by molar-refractivity contribution is 9.10. The second-order valence-electron chi connectivity index (χ2n) is 24.1. The van der Waals surface area contributed by atoms with Gasteiger partial charge in [-0.2, -0.15) is 0 Å². The van der Waals surface area contributed by atoms with Gasteiger partial charge in [-0.15, -0.1) is 0 Å². The second-order valence-corrected chi connectivity index (χ2v) is 24.9. The number of halogens is 4. The molecule has 8 N–H and O–H groups in total. The molecule has 0 saturated heterocycles. The predicted molar refractivity (Wildman–Crippen MR) is 390 cm³/mol. The molecule has 0 aliphatic carbocycles. The number of anilines is 3. The fraction of sp³-hybridized carbons (Fsp3) is 0.194. The quantitative estimate of drug-likeness (QED) is 0.0370. The Hall–Kier alpha value is -11.5. The van der Waals surface area contributed by atoms with Gasteiger partial charge in [-0.25, -0.2) is 63.0 Å². The molecule has 0 amide bonds. The average molecular weight is 1410 g/mol. The topological polar surface area (TPSA) is 292 Å². The maximum atomic E-state index is 14.3. The predicted octanol–water partition coefficient (Wildman–Crippen LogP) is 13.0.